The molecule has 0 fully saturated rings. The van der Waals surface area contributed by atoms with Gasteiger partial charge in [-0.2, -0.15) is 0 Å². The summed E-state index contributed by atoms with van der Waals surface area (Å²) in [5.41, 5.74) is 6.12. The van der Waals surface area contributed by atoms with Gasteiger partial charge in [-0.1, -0.05) is 13.0 Å². The van der Waals surface area contributed by atoms with E-state index >= 15 is 0 Å². The molecule has 1 aliphatic carbocycles. The highest BCUT2D eigenvalue weighted by molar-refractivity contribution is 5.28. The number of alkyl halides is 2. The summed E-state index contributed by atoms with van der Waals surface area (Å²) in [6.45, 7) is 1.98. The van der Waals surface area contributed by atoms with E-state index in [4.69, 9.17) is 5.73 Å². The number of rotatable bonds is 2. The van der Waals surface area contributed by atoms with Crippen molar-refractivity contribution in [3.63, 3.8) is 0 Å². The molecular formula is C9H13F2N. The molecule has 2 N–H and O–H groups in total. The number of halogens is 2. The van der Waals surface area contributed by atoms with Crippen molar-refractivity contribution < 1.29 is 8.78 Å². The van der Waals surface area contributed by atoms with Crippen molar-refractivity contribution in [1.82, 2.24) is 0 Å². The van der Waals surface area contributed by atoms with Crippen LogP contribution in [0.3, 0.4) is 0 Å². The van der Waals surface area contributed by atoms with Gasteiger partial charge in [0.1, 0.15) is 0 Å². The Morgan fingerprint density at radius 1 is 1.67 bits per heavy atom. The lowest BCUT2D eigenvalue weighted by molar-refractivity contribution is 0.181. The van der Waals surface area contributed by atoms with Crippen molar-refractivity contribution >= 4 is 0 Å². The zero-order valence-electron chi connectivity index (χ0n) is 7.06. The SMILES string of the molecule is CCC1C=C(N)C=C(C(F)F)C1. The summed E-state index contributed by atoms with van der Waals surface area (Å²) in [6.07, 6.45) is 2.20. The Balaban J connectivity index is 2.73. The van der Waals surface area contributed by atoms with Crippen molar-refractivity contribution in [3.8, 4) is 0 Å². The maximum absolute atomic E-state index is 12.3. The summed E-state index contributed by atoms with van der Waals surface area (Å²) in [4.78, 5) is 0. The lowest BCUT2D eigenvalue weighted by Gasteiger charge is -2.18. The normalized spacial score (nSPS) is 23.8. The zero-order valence-corrected chi connectivity index (χ0v) is 7.06. The summed E-state index contributed by atoms with van der Waals surface area (Å²) in [7, 11) is 0. The molecule has 0 spiro atoms. The molecule has 0 aromatic rings. The Morgan fingerprint density at radius 2 is 2.33 bits per heavy atom. The predicted molar refractivity (Wildman–Crippen MR) is 44.8 cm³/mol. The van der Waals surface area contributed by atoms with Crippen molar-refractivity contribution in [1.29, 1.82) is 0 Å². The summed E-state index contributed by atoms with van der Waals surface area (Å²) in [5.74, 6) is 0.194. The summed E-state index contributed by atoms with van der Waals surface area (Å²) in [6, 6.07) is 0. The van der Waals surface area contributed by atoms with Crippen LogP contribution in [0.25, 0.3) is 0 Å². The van der Waals surface area contributed by atoms with Gasteiger partial charge in [0.15, 0.2) is 0 Å². The number of allylic oxidation sites excluding steroid dienone is 3. The molecule has 0 heterocycles. The minimum Gasteiger partial charge on any atom is -0.399 e. The van der Waals surface area contributed by atoms with Gasteiger partial charge in [-0.15, -0.1) is 0 Å². The molecule has 1 nitrogen and oxygen atoms in total. The first kappa shape index (κ1) is 9.23. The van der Waals surface area contributed by atoms with Gasteiger partial charge >= 0.3 is 0 Å². The molecule has 1 aliphatic rings. The van der Waals surface area contributed by atoms with E-state index in [1.165, 1.54) is 6.08 Å². The largest absolute Gasteiger partial charge is 0.399 e. The molecular weight excluding hydrogens is 160 g/mol. The minimum atomic E-state index is -2.36. The van der Waals surface area contributed by atoms with Gasteiger partial charge in [-0.05, 0) is 30.4 Å². The zero-order chi connectivity index (χ0) is 9.14. The van der Waals surface area contributed by atoms with Crippen LogP contribution in [0.15, 0.2) is 23.4 Å². The van der Waals surface area contributed by atoms with E-state index in [2.05, 4.69) is 0 Å². The smallest absolute Gasteiger partial charge is 0.260 e. The number of hydrogen-bond donors (Lipinski definition) is 1. The quantitative estimate of drug-likeness (QED) is 0.682. The Bertz CT molecular complexity index is 219. The van der Waals surface area contributed by atoms with Crippen LogP contribution in [0.5, 0.6) is 0 Å². The molecule has 1 unspecified atom stereocenters. The van der Waals surface area contributed by atoms with Gasteiger partial charge in [-0.25, -0.2) is 8.78 Å². The average Bonchev–Trinajstić information content (AvgIpc) is 2.03. The Morgan fingerprint density at radius 3 is 2.83 bits per heavy atom. The Hall–Kier alpha value is -0.860. The minimum absolute atomic E-state index is 0.168. The standard InChI is InChI=1S/C9H13F2N/c1-2-6-3-7(9(10)11)5-8(12)4-6/h4-6,9H,2-3,12H2,1H3. The van der Waals surface area contributed by atoms with E-state index in [9.17, 15) is 8.78 Å². The fourth-order valence-corrected chi connectivity index (χ4v) is 1.37. The highest BCUT2D eigenvalue weighted by Crippen LogP contribution is 2.26. The molecule has 68 valence electrons. The van der Waals surface area contributed by atoms with Crippen LogP contribution in [0, 0.1) is 5.92 Å². The highest BCUT2D eigenvalue weighted by Gasteiger charge is 2.18. The predicted octanol–water partition coefficient (Wildman–Crippen LogP) is 2.45. The van der Waals surface area contributed by atoms with Crippen LogP contribution >= 0.6 is 0 Å². The molecule has 0 aliphatic heterocycles. The fraction of sp³-hybridized carbons (Fsp3) is 0.556. The van der Waals surface area contributed by atoms with Gasteiger partial charge in [0.05, 0.1) is 0 Å². The van der Waals surface area contributed by atoms with Crippen molar-refractivity contribution in [2.24, 2.45) is 11.7 Å². The number of nitrogens with two attached hydrogens (primary N) is 1. The highest BCUT2D eigenvalue weighted by atomic mass is 19.3. The van der Waals surface area contributed by atoms with Crippen LogP contribution in [0.1, 0.15) is 19.8 Å². The third-order valence-corrected chi connectivity index (χ3v) is 2.08. The molecule has 1 rings (SSSR count). The monoisotopic (exact) mass is 173 g/mol. The van der Waals surface area contributed by atoms with Crippen LogP contribution in [0.2, 0.25) is 0 Å². The van der Waals surface area contributed by atoms with Gasteiger partial charge < -0.3 is 5.73 Å². The van der Waals surface area contributed by atoms with Crippen LogP contribution in [-0.4, -0.2) is 6.43 Å². The second kappa shape index (κ2) is 3.70. The maximum atomic E-state index is 12.3. The molecule has 0 aromatic heterocycles. The average molecular weight is 173 g/mol. The first-order chi connectivity index (χ1) is 5.63. The van der Waals surface area contributed by atoms with E-state index in [1.54, 1.807) is 0 Å². The Kier molecular flexibility index (Phi) is 2.84. The molecule has 1 atom stereocenters. The molecule has 12 heavy (non-hydrogen) atoms. The van der Waals surface area contributed by atoms with E-state index in [1.807, 2.05) is 13.0 Å². The third kappa shape index (κ3) is 2.06. The van der Waals surface area contributed by atoms with Crippen LogP contribution in [0.4, 0.5) is 8.78 Å². The van der Waals surface area contributed by atoms with Gasteiger partial charge in [0.2, 0.25) is 0 Å². The first-order valence-corrected chi connectivity index (χ1v) is 4.09. The molecule has 0 saturated heterocycles. The first-order valence-electron chi connectivity index (χ1n) is 4.09. The maximum Gasteiger partial charge on any atom is 0.260 e. The molecule has 0 bridgehead atoms. The molecule has 0 aromatic carbocycles. The van der Waals surface area contributed by atoms with Gasteiger partial charge in [0, 0.05) is 5.70 Å². The van der Waals surface area contributed by atoms with E-state index in [0.29, 0.717) is 12.1 Å². The van der Waals surface area contributed by atoms with Gasteiger partial charge in [0.25, 0.3) is 6.43 Å². The summed E-state index contributed by atoms with van der Waals surface area (Å²) >= 11 is 0. The third-order valence-electron chi connectivity index (χ3n) is 2.08. The summed E-state index contributed by atoms with van der Waals surface area (Å²) in [5, 5.41) is 0. The van der Waals surface area contributed by atoms with Crippen molar-refractivity contribution in [3.05, 3.63) is 23.4 Å². The van der Waals surface area contributed by atoms with Gasteiger partial charge in [-0.3, -0.25) is 0 Å². The Labute approximate surface area is 70.9 Å². The topological polar surface area (TPSA) is 26.0 Å². The number of hydrogen-bond acceptors (Lipinski definition) is 1. The fourth-order valence-electron chi connectivity index (χ4n) is 1.37. The van der Waals surface area contributed by atoms with Crippen molar-refractivity contribution in [2.45, 2.75) is 26.2 Å². The van der Waals surface area contributed by atoms with E-state index in [0.717, 1.165) is 6.42 Å². The molecule has 3 heteroatoms. The second-order valence-electron chi connectivity index (χ2n) is 3.06. The second-order valence-corrected chi connectivity index (χ2v) is 3.06. The molecule has 0 radical (unpaired) electrons. The molecule has 0 amide bonds. The van der Waals surface area contributed by atoms with Crippen LogP contribution in [-0.2, 0) is 0 Å². The molecule has 0 saturated carbocycles. The lowest BCUT2D eigenvalue weighted by atomic mass is 9.91. The lowest BCUT2D eigenvalue weighted by Crippen LogP contribution is -2.12. The summed E-state index contributed by atoms with van der Waals surface area (Å²) < 4.78 is 24.5. The van der Waals surface area contributed by atoms with Crippen LogP contribution < -0.4 is 5.73 Å². The van der Waals surface area contributed by atoms with Crippen molar-refractivity contribution in [2.75, 3.05) is 0 Å². The van der Waals surface area contributed by atoms with E-state index < -0.39 is 6.43 Å². The van der Waals surface area contributed by atoms with E-state index in [-0.39, 0.29) is 11.5 Å².